The summed E-state index contributed by atoms with van der Waals surface area (Å²) in [4.78, 5) is 53.4. The first-order valence-corrected chi connectivity index (χ1v) is 15.9. The Hall–Kier alpha value is -3.39. The second-order valence-corrected chi connectivity index (χ2v) is 14.1. The molecule has 44 heavy (non-hydrogen) atoms. The van der Waals surface area contributed by atoms with Gasteiger partial charge in [-0.25, -0.2) is 4.79 Å². The fourth-order valence-corrected chi connectivity index (χ4v) is 8.63. The predicted octanol–water partition coefficient (Wildman–Crippen LogP) is 2.66. The molecule has 6 N–H and O–H groups in total. The molecule has 11 heteroatoms. The number of terminal acetylenes is 1. The summed E-state index contributed by atoms with van der Waals surface area (Å²) in [6.45, 7) is 7.61. The zero-order chi connectivity index (χ0) is 32.4. The zero-order valence-electron chi connectivity index (χ0n) is 26.4. The lowest BCUT2D eigenvalue weighted by atomic mass is 9.46. The minimum Gasteiger partial charge on any atom is -0.480 e. The summed E-state index contributed by atoms with van der Waals surface area (Å²) in [5.41, 5.74) is 6.07. The van der Waals surface area contributed by atoms with Crippen LogP contribution in [0.3, 0.4) is 0 Å². The van der Waals surface area contributed by atoms with Crippen molar-refractivity contribution in [2.24, 2.45) is 45.4 Å². The van der Waals surface area contributed by atoms with E-state index in [1.54, 1.807) is 13.8 Å². The van der Waals surface area contributed by atoms with Crippen molar-refractivity contribution >= 4 is 29.4 Å². The molecule has 0 unspecified atom stereocenters. The molecule has 11 nitrogen and oxygen atoms in total. The average molecular weight is 613 g/mol. The number of carbonyl (C=O) groups is 4. The number of carbonyl (C=O) groups excluding carboxylic acids is 3. The molecule has 4 rings (SSSR count). The van der Waals surface area contributed by atoms with Gasteiger partial charge in [0, 0.05) is 11.8 Å². The Kier molecular flexibility index (Phi) is 9.84. The number of oxime groups is 1. The lowest BCUT2D eigenvalue weighted by molar-refractivity contribution is -0.143. The largest absolute Gasteiger partial charge is 0.480 e. The van der Waals surface area contributed by atoms with Gasteiger partial charge in [0.2, 0.25) is 11.8 Å². The summed E-state index contributed by atoms with van der Waals surface area (Å²) in [5, 5.41) is 29.9. The molecule has 3 amide bonds. The Bertz CT molecular complexity index is 1270. The molecule has 4 aliphatic rings. The highest BCUT2D eigenvalue weighted by molar-refractivity contribution is 5.96. The monoisotopic (exact) mass is 612 g/mol. The van der Waals surface area contributed by atoms with E-state index in [2.05, 4.69) is 41.6 Å². The van der Waals surface area contributed by atoms with Crippen molar-refractivity contribution in [1.29, 1.82) is 0 Å². The molecular weight excluding hydrogens is 564 g/mol. The molecule has 0 aromatic heterocycles. The quantitative estimate of drug-likeness (QED) is 0.176. The van der Waals surface area contributed by atoms with Crippen molar-refractivity contribution in [1.82, 2.24) is 10.6 Å². The topological polar surface area (TPSA) is 180 Å². The van der Waals surface area contributed by atoms with Crippen LogP contribution >= 0.6 is 0 Å². The van der Waals surface area contributed by atoms with Crippen LogP contribution in [0.5, 0.6) is 0 Å². The Balaban J connectivity index is 1.34. The number of allylic oxidation sites excluding steroid dienone is 2. The van der Waals surface area contributed by atoms with Gasteiger partial charge in [-0.05, 0) is 93.0 Å². The molecular formula is C33H48N4O7. The van der Waals surface area contributed by atoms with E-state index in [1.807, 2.05) is 0 Å². The van der Waals surface area contributed by atoms with Gasteiger partial charge in [-0.1, -0.05) is 44.3 Å². The highest BCUT2D eigenvalue weighted by atomic mass is 16.6. The SMILES string of the molecule is C#C[C@@]1(O)CC[C@H]2[C@@H]3CCC4=C/C(=N\OCC(=O)N[C@H](C(=O)N[C@H](CCC(N)=O)C(=O)O)C(C)C)CC[C@]4(C)[C@H]3CC[C@@]21C. The van der Waals surface area contributed by atoms with Crippen LogP contribution < -0.4 is 16.4 Å². The summed E-state index contributed by atoms with van der Waals surface area (Å²) in [6, 6.07) is -2.31. The van der Waals surface area contributed by atoms with Gasteiger partial charge in [-0.3, -0.25) is 14.4 Å². The lowest BCUT2D eigenvalue weighted by Crippen LogP contribution is -2.54. The molecule has 3 saturated carbocycles. The number of amides is 3. The van der Waals surface area contributed by atoms with Gasteiger partial charge in [0.15, 0.2) is 6.61 Å². The van der Waals surface area contributed by atoms with Gasteiger partial charge >= 0.3 is 5.97 Å². The maximum Gasteiger partial charge on any atom is 0.326 e. The first-order valence-electron chi connectivity index (χ1n) is 15.9. The molecule has 0 heterocycles. The van der Waals surface area contributed by atoms with Crippen LogP contribution in [0.15, 0.2) is 16.8 Å². The number of nitrogens with zero attached hydrogens (tertiary/aromatic N) is 1. The third kappa shape index (κ3) is 6.37. The smallest absolute Gasteiger partial charge is 0.326 e. The van der Waals surface area contributed by atoms with E-state index in [0.717, 1.165) is 50.7 Å². The lowest BCUT2D eigenvalue weighted by Gasteiger charge is -2.58. The molecule has 3 fully saturated rings. The minimum atomic E-state index is -1.31. The highest BCUT2D eigenvalue weighted by Crippen LogP contribution is 2.67. The number of rotatable bonds is 11. The number of nitrogens with one attached hydrogen (secondary N) is 2. The summed E-state index contributed by atoms with van der Waals surface area (Å²) >= 11 is 0. The molecule has 8 atom stereocenters. The van der Waals surface area contributed by atoms with Crippen LogP contribution in [0.25, 0.3) is 0 Å². The second kappa shape index (κ2) is 12.9. The van der Waals surface area contributed by atoms with Crippen molar-refractivity contribution in [3.63, 3.8) is 0 Å². The minimum absolute atomic E-state index is 0.0561. The van der Waals surface area contributed by atoms with E-state index >= 15 is 0 Å². The van der Waals surface area contributed by atoms with Gasteiger partial charge in [0.1, 0.15) is 17.7 Å². The molecule has 0 aliphatic heterocycles. The Labute approximate surface area is 259 Å². The molecule has 242 valence electrons. The number of nitrogens with two attached hydrogens (primary N) is 1. The molecule has 0 bridgehead atoms. The van der Waals surface area contributed by atoms with Gasteiger partial charge in [0.05, 0.1) is 5.71 Å². The van der Waals surface area contributed by atoms with E-state index in [-0.39, 0.29) is 29.6 Å². The van der Waals surface area contributed by atoms with E-state index in [1.165, 1.54) is 5.57 Å². The van der Waals surface area contributed by atoms with Crippen molar-refractivity contribution in [2.75, 3.05) is 6.61 Å². The van der Waals surface area contributed by atoms with Gasteiger partial charge in [-0.15, -0.1) is 6.42 Å². The predicted molar refractivity (Wildman–Crippen MR) is 164 cm³/mol. The number of carboxylic acid groups (broad SMARTS) is 1. The Morgan fingerprint density at radius 2 is 1.82 bits per heavy atom. The molecule has 0 spiro atoms. The highest BCUT2D eigenvalue weighted by Gasteiger charge is 2.63. The van der Waals surface area contributed by atoms with Crippen LogP contribution in [0, 0.1) is 46.8 Å². The Morgan fingerprint density at radius 1 is 1.11 bits per heavy atom. The molecule has 0 radical (unpaired) electrons. The first-order chi connectivity index (χ1) is 20.6. The van der Waals surface area contributed by atoms with Crippen LogP contribution in [0.4, 0.5) is 0 Å². The van der Waals surface area contributed by atoms with Crippen molar-refractivity contribution in [2.45, 2.75) is 110 Å². The second-order valence-electron chi connectivity index (χ2n) is 14.1. The Morgan fingerprint density at radius 3 is 2.45 bits per heavy atom. The standard InChI is InChI=1S/C33H48N4O7/c1-6-33(43)16-13-24-22-8-7-20-17-21(11-14-31(20,4)23(22)12-15-32(24,33)5)37-44-18-27(39)36-28(19(2)3)29(40)35-25(30(41)42)9-10-26(34)38/h1,17,19,22-25,28,43H,7-16,18H2,2-5H3,(H2,34,38)(H,35,40)(H,36,39)(H,41,42)/b37-21-/t22-,23+,24+,25-,28+,31+,32+,33-/m1/s1. The van der Waals surface area contributed by atoms with E-state index < -0.39 is 48.0 Å². The van der Waals surface area contributed by atoms with E-state index in [0.29, 0.717) is 24.2 Å². The normalized spacial score (nSPS) is 34.8. The van der Waals surface area contributed by atoms with Crippen molar-refractivity contribution in [3.05, 3.63) is 11.6 Å². The summed E-state index contributed by atoms with van der Waals surface area (Å²) in [7, 11) is 0. The summed E-state index contributed by atoms with van der Waals surface area (Å²) < 4.78 is 0. The first kappa shape index (κ1) is 33.5. The molecule has 4 aliphatic carbocycles. The number of hydrogen-bond acceptors (Lipinski definition) is 7. The fourth-order valence-electron chi connectivity index (χ4n) is 8.63. The third-order valence-corrected chi connectivity index (χ3v) is 11.3. The van der Waals surface area contributed by atoms with Crippen LogP contribution in [0.1, 0.15) is 91.9 Å². The zero-order valence-corrected chi connectivity index (χ0v) is 26.4. The fraction of sp³-hybridized carbons (Fsp3) is 0.727. The summed E-state index contributed by atoms with van der Waals surface area (Å²) in [6.07, 6.45) is 14.9. The van der Waals surface area contributed by atoms with Crippen LogP contribution in [-0.2, 0) is 24.0 Å². The van der Waals surface area contributed by atoms with Crippen LogP contribution in [0.2, 0.25) is 0 Å². The molecule has 0 aromatic carbocycles. The number of carboxylic acids is 1. The third-order valence-electron chi connectivity index (χ3n) is 11.3. The number of aliphatic carboxylic acids is 1. The number of fused-ring (bicyclic) bond motifs is 5. The maximum absolute atomic E-state index is 12.8. The van der Waals surface area contributed by atoms with E-state index in [4.69, 9.17) is 17.0 Å². The van der Waals surface area contributed by atoms with Gasteiger partial charge in [-0.2, -0.15) is 0 Å². The maximum atomic E-state index is 12.8. The van der Waals surface area contributed by atoms with Gasteiger partial charge in [0.25, 0.3) is 5.91 Å². The van der Waals surface area contributed by atoms with Crippen molar-refractivity contribution in [3.8, 4) is 12.3 Å². The van der Waals surface area contributed by atoms with Gasteiger partial charge < -0.3 is 31.4 Å². The average Bonchev–Trinajstić information content (AvgIpc) is 3.24. The number of hydrogen-bond donors (Lipinski definition) is 5. The van der Waals surface area contributed by atoms with Crippen LogP contribution in [-0.4, -0.2) is 63.9 Å². The number of primary amides is 1. The van der Waals surface area contributed by atoms with Crippen molar-refractivity contribution < 1.29 is 34.2 Å². The molecule has 0 saturated heterocycles. The number of aliphatic hydroxyl groups is 1. The van der Waals surface area contributed by atoms with E-state index in [9.17, 15) is 29.4 Å². The summed E-state index contributed by atoms with van der Waals surface area (Å²) in [5.74, 6) is 0.706. The molecule has 0 aromatic rings.